The number of amides is 1. The van der Waals surface area contributed by atoms with E-state index in [1.807, 2.05) is 41.8 Å². The maximum atomic E-state index is 12.1. The predicted molar refractivity (Wildman–Crippen MR) is 108 cm³/mol. The molecular weight excluding hydrogens is 406 g/mol. The second-order valence-corrected chi connectivity index (χ2v) is 8.66. The fraction of sp³-hybridized carbons (Fsp3) is 0.222. The molecule has 2 aliphatic rings. The van der Waals surface area contributed by atoms with Gasteiger partial charge in [-0.2, -0.15) is 10.1 Å². The van der Waals surface area contributed by atoms with Gasteiger partial charge in [-0.25, -0.2) is 5.01 Å². The van der Waals surface area contributed by atoms with Crippen LogP contribution in [0.4, 0.5) is 0 Å². The Morgan fingerprint density at radius 2 is 2.07 bits per heavy atom. The number of hydrazone groups is 1. The number of hydrogen-bond acceptors (Lipinski definition) is 6. The summed E-state index contributed by atoms with van der Waals surface area (Å²) in [6, 6.07) is 11.4. The zero-order chi connectivity index (χ0) is 19.0. The van der Waals surface area contributed by atoms with E-state index >= 15 is 0 Å². The van der Waals surface area contributed by atoms with E-state index in [-0.39, 0.29) is 12.5 Å². The molecule has 0 bridgehead atoms. The van der Waals surface area contributed by atoms with Gasteiger partial charge in [0.05, 0.1) is 18.2 Å². The number of nitrogens with zero attached hydrogens (tertiary/aromatic N) is 3. The Kier molecular flexibility index (Phi) is 5.03. The van der Waals surface area contributed by atoms with Gasteiger partial charge in [0.2, 0.25) is 0 Å². The number of thioether (sulfide) groups is 1. The van der Waals surface area contributed by atoms with E-state index in [1.165, 1.54) is 11.8 Å². The summed E-state index contributed by atoms with van der Waals surface area (Å²) in [5, 5.41) is 17.9. The van der Waals surface area contributed by atoms with Crippen molar-refractivity contribution in [3.63, 3.8) is 0 Å². The average Bonchev–Trinajstić information content (AvgIpc) is 3.35. The first-order valence-electron chi connectivity index (χ1n) is 8.18. The first-order valence-corrected chi connectivity index (χ1v) is 10.3. The second-order valence-electron chi connectivity index (χ2n) is 6.07. The third-order valence-electron chi connectivity index (χ3n) is 4.24. The largest absolute Gasteiger partial charge is 0.481 e. The van der Waals surface area contributed by atoms with Gasteiger partial charge in [0.1, 0.15) is 5.25 Å². The summed E-state index contributed by atoms with van der Waals surface area (Å²) in [6.07, 6.45) is 0.418. The molecule has 138 valence electrons. The van der Waals surface area contributed by atoms with Crippen molar-refractivity contribution in [1.82, 2.24) is 5.01 Å². The summed E-state index contributed by atoms with van der Waals surface area (Å²) in [7, 11) is 0. The van der Waals surface area contributed by atoms with Gasteiger partial charge in [0.25, 0.3) is 5.91 Å². The maximum absolute atomic E-state index is 12.1. The Labute approximate surface area is 168 Å². The number of halogens is 1. The molecule has 6 nitrogen and oxygen atoms in total. The Morgan fingerprint density at radius 3 is 2.74 bits per heavy atom. The van der Waals surface area contributed by atoms with E-state index in [9.17, 15) is 9.59 Å². The lowest BCUT2D eigenvalue weighted by molar-refractivity contribution is -0.138. The van der Waals surface area contributed by atoms with Gasteiger partial charge in [0.15, 0.2) is 5.17 Å². The topological polar surface area (TPSA) is 82.3 Å². The highest BCUT2D eigenvalue weighted by atomic mass is 35.5. The number of carboxylic acids is 1. The fourth-order valence-electron chi connectivity index (χ4n) is 2.97. The van der Waals surface area contributed by atoms with Gasteiger partial charge in [-0.05, 0) is 29.1 Å². The number of aliphatic carboxylic acids is 1. The number of amidine groups is 1. The number of thiophene rings is 1. The van der Waals surface area contributed by atoms with E-state index in [4.69, 9.17) is 21.8 Å². The van der Waals surface area contributed by atoms with Crippen LogP contribution in [0.15, 0.2) is 51.9 Å². The Bertz CT molecular complexity index is 941. The van der Waals surface area contributed by atoms with Crippen LogP contribution in [-0.2, 0) is 9.59 Å². The molecule has 0 saturated heterocycles. The molecule has 0 spiro atoms. The van der Waals surface area contributed by atoms with Crippen LogP contribution >= 0.6 is 34.7 Å². The minimum absolute atomic E-state index is 0.0710. The van der Waals surface area contributed by atoms with Gasteiger partial charge < -0.3 is 5.11 Å². The van der Waals surface area contributed by atoms with Crippen LogP contribution in [0.5, 0.6) is 0 Å². The van der Waals surface area contributed by atoms with Crippen LogP contribution in [0.3, 0.4) is 0 Å². The lowest BCUT2D eigenvalue weighted by Gasteiger charge is -2.21. The van der Waals surface area contributed by atoms with Crippen LogP contribution in [0.25, 0.3) is 0 Å². The highest BCUT2D eigenvalue weighted by Crippen LogP contribution is 2.39. The summed E-state index contributed by atoms with van der Waals surface area (Å²) in [5.74, 6) is -1.43. The molecule has 1 amide bonds. The smallest absolute Gasteiger partial charge is 0.305 e. The molecule has 1 aromatic heterocycles. The van der Waals surface area contributed by atoms with Crippen molar-refractivity contribution < 1.29 is 14.7 Å². The average molecular weight is 420 g/mol. The molecular formula is C18H14ClN3O3S2. The highest BCUT2D eigenvalue weighted by Gasteiger charge is 2.39. The van der Waals surface area contributed by atoms with Crippen LogP contribution < -0.4 is 0 Å². The van der Waals surface area contributed by atoms with Crippen molar-refractivity contribution >= 4 is 57.5 Å². The van der Waals surface area contributed by atoms with E-state index < -0.39 is 17.1 Å². The number of benzene rings is 1. The molecule has 0 radical (unpaired) electrons. The molecule has 9 heteroatoms. The van der Waals surface area contributed by atoms with E-state index in [0.29, 0.717) is 16.6 Å². The van der Waals surface area contributed by atoms with Crippen molar-refractivity contribution in [3.05, 3.63) is 57.2 Å². The second kappa shape index (κ2) is 7.46. The quantitative estimate of drug-likeness (QED) is 0.809. The number of rotatable bonds is 4. The van der Waals surface area contributed by atoms with Crippen molar-refractivity contribution in [1.29, 1.82) is 0 Å². The molecule has 4 rings (SSSR count). The van der Waals surface area contributed by atoms with Gasteiger partial charge in [-0.15, -0.1) is 11.3 Å². The standard InChI is InChI=1S/C18H14ClN3O3S2/c19-11-5-3-10(4-6-11)12-8-13(14-2-1-7-26-14)22(21-12)18-20-17(25)15(27-18)9-16(23)24/h1-7,13,15H,8-9H2,(H,23,24). The Morgan fingerprint density at radius 1 is 1.30 bits per heavy atom. The minimum atomic E-state index is -1.01. The molecule has 27 heavy (non-hydrogen) atoms. The van der Waals surface area contributed by atoms with Crippen molar-refractivity contribution in [2.75, 3.05) is 0 Å². The molecule has 0 fully saturated rings. The third kappa shape index (κ3) is 3.78. The number of aliphatic imine (C=N–C) groups is 1. The summed E-state index contributed by atoms with van der Waals surface area (Å²) in [4.78, 5) is 28.3. The minimum Gasteiger partial charge on any atom is -0.481 e. The molecule has 0 aliphatic carbocycles. The summed E-state index contributed by atoms with van der Waals surface area (Å²) >= 11 is 8.76. The van der Waals surface area contributed by atoms with E-state index in [1.54, 1.807) is 16.3 Å². The Hall–Kier alpha value is -2.16. The zero-order valence-corrected chi connectivity index (χ0v) is 16.3. The summed E-state index contributed by atoms with van der Waals surface area (Å²) < 4.78 is 0. The number of carbonyl (C=O) groups excluding carboxylic acids is 1. The van der Waals surface area contributed by atoms with Crippen molar-refractivity contribution in [3.8, 4) is 0 Å². The molecule has 0 saturated carbocycles. The van der Waals surface area contributed by atoms with Crippen LogP contribution in [-0.4, -0.2) is 38.1 Å². The zero-order valence-electron chi connectivity index (χ0n) is 13.9. The molecule has 3 heterocycles. The lowest BCUT2D eigenvalue weighted by atomic mass is 10.0. The van der Waals surface area contributed by atoms with Gasteiger partial charge in [-0.1, -0.05) is 41.6 Å². The summed E-state index contributed by atoms with van der Waals surface area (Å²) in [6.45, 7) is 0. The normalized spacial score (nSPS) is 22.1. The molecule has 2 aromatic rings. The summed E-state index contributed by atoms with van der Waals surface area (Å²) in [5.41, 5.74) is 1.84. The number of carbonyl (C=O) groups is 2. The van der Waals surface area contributed by atoms with Crippen LogP contribution in [0.2, 0.25) is 5.02 Å². The molecule has 1 aromatic carbocycles. The van der Waals surface area contributed by atoms with Gasteiger partial charge in [0, 0.05) is 16.3 Å². The van der Waals surface area contributed by atoms with E-state index in [2.05, 4.69) is 4.99 Å². The van der Waals surface area contributed by atoms with Gasteiger partial charge >= 0.3 is 5.97 Å². The lowest BCUT2D eigenvalue weighted by Crippen LogP contribution is -2.23. The predicted octanol–water partition coefficient (Wildman–Crippen LogP) is 4.03. The fourth-order valence-corrected chi connectivity index (χ4v) is 4.96. The number of hydrogen-bond donors (Lipinski definition) is 1. The maximum Gasteiger partial charge on any atom is 0.305 e. The molecule has 2 unspecified atom stereocenters. The van der Waals surface area contributed by atoms with Gasteiger partial charge in [-0.3, -0.25) is 9.59 Å². The SMILES string of the molecule is O=C(O)CC1SC(N2N=C(c3ccc(Cl)cc3)CC2c2cccs2)=NC1=O. The molecule has 2 aliphatic heterocycles. The highest BCUT2D eigenvalue weighted by molar-refractivity contribution is 8.15. The Balaban J connectivity index is 1.65. The van der Waals surface area contributed by atoms with Crippen molar-refractivity contribution in [2.45, 2.75) is 24.1 Å². The van der Waals surface area contributed by atoms with E-state index in [0.717, 1.165) is 16.2 Å². The first kappa shape index (κ1) is 18.2. The third-order valence-corrected chi connectivity index (χ3v) is 6.61. The van der Waals surface area contributed by atoms with Crippen molar-refractivity contribution in [2.24, 2.45) is 10.1 Å². The van der Waals surface area contributed by atoms with Crippen LogP contribution in [0.1, 0.15) is 29.3 Å². The monoisotopic (exact) mass is 419 g/mol. The molecule has 1 N–H and O–H groups in total. The molecule has 2 atom stereocenters. The number of carboxylic acid groups (broad SMARTS) is 1. The first-order chi connectivity index (χ1) is 13.0. The van der Waals surface area contributed by atoms with Crippen LogP contribution in [0, 0.1) is 0 Å².